The average Bonchev–Trinajstić information content (AvgIpc) is 2.23. The molecule has 1 heterocycles. The Labute approximate surface area is 82.8 Å². The van der Waals surface area contributed by atoms with Crippen molar-refractivity contribution in [1.82, 2.24) is 9.78 Å². The van der Waals surface area contributed by atoms with Crippen LogP contribution >= 0.6 is 0 Å². The summed E-state index contributed by atoms with van der Waals surface area (Å²) in [6.07, 6.45) is -4.48. The van der Waals surface area contributed by atoms with Gasteiger partial charge in [-0.15, -0.1) is 0 Å². The van der Waals surface area contributed by atoms with Crippen LogP contribution in [0.5, 0.6) is 0 Å². The SMILES string of the molecule is Cc1nn(CC(F)(F)F)c(C(N)=O)c1N. The van der Waals surface area contributed by atoms with Crippen molar-refractivity contribution < 1.29 is 18.0 Å². The molecule has 0 saturated carbocycles. The molecule has 0 aliphatic carbocycles. The molecule has 0 bridgehead atoms. The van der Waals surface area contributed by atoms with Crippen LogP contribution in [0.15, 0.2) is 0 Å². The number of nitrogens with zero attached hydrogens (tertiary/aromatic N) is 2. The van der Waals surface area contributed by atoms with E-state index in [1.54, 1.807) is 0 Å². The molecule has 0 atom stereocenters. The smallest absolute Gasteiger partial charge is 0.395 e. The highest BCUT2D eigenvalue weighted by Crippen LogP contribution is 2.22. The van der Waals surface area contributed by atoms with Crippen molar-refractivity contribution in [3.63, 3.8) is 0 Å². The number of aromatic nitrogens is 2. The Kier molecular flexibility index (Phi) is 2.61. The van der Waals surface area contributed by atoms with E-state index >= 15 is 0 Å². The van der Waals surface area contributed by atoms with Gasteiger partial charge in [-0.2, -0.15) is 18.3 Å². The second-order valence-corrected chi connectivity index (χ2v) is 2.98. The molecule has 0 unspecified atom stereocenters. The molecule has 1 aromatic rings. The van der Waals surface area contributed by atoms with Crippen LogP contribution in [0, 0.1) is 6.92 Å². The standard InChI is InChI=1S/C7H9F3N4O/c1-3-4(11)5(6(12)15)14(13-3)2-7(8,9)10/h2,11H2,1H3,(H2,12,15). The highest BCUT2D eigenvalue weighted by Gasteiger charge is 2.31. The van der Waals surface area contributed by atoms with E-state index in [4.69, 9.17) is 11.5 Å². The quantitative estimate of drug-likeness (QED) is 0.760. The highest BCUT2D eigenvalue weighted by molar-refractivity contribution is 5.96. The normalized spacial score (nSPS) is 11.7. The van der Waals surface area contributed by atoms with Gasteiger partial charge in [0.15, 0.2) is 0 Å². The zero-order valence-electron chi connectivity index (χ0n) is 7.80. The number of hydrogen-bond acceptors (Lipinski definition) is 3. The molecule has 0 fully saturated rings. The molecule has 84 valence electrons. The third kappa shape index (κ3) is 2.39. The van der Waals surface area contributed by atoms with E-state index in [0.29, 0.717) is 4.68 Å². The summed E-state index contributed by atoms with van der Waals surface area (Å²) < 4.78 is 36.7. The minimum atomic E-state index is -4.48. The molecule has 0 spiro atoms. The molecule has 0 radical (unpaired) electrons. The number of carbonyl (C=O) groups excluding carboxylic acids is 1. The zero-order chi connectivity index (χ0) is 11.8. The molecule has 0 saturated heterocycles. The minimum absolute atomic E-state index is 0.119. The predicted octanol–water partition coefficient (Wildman–Crippen LogP) is 0.435. The molecule has 1 amide bonds. The summed E-state index contributed by atoms with van der Waals surface area (Å²) in [5.74, 6) is -1.03. The van der Waals surface area contributed by atoms with E-state index in [-0.39, 0.29) is 11.4 Å². The summed E-state index contributed by atoms with van der Waals surface area (Å²) in [5, 5.41) is 3.49. The van der Waals surface area contributed by atoms with Crippen LogP contribution in [0.25, 0.3) is 0 Å². The fourth-order valence-electron chi connectivity index (χ4n) is 1.14. The Balaban J connectivity index is 3.18. The third-order valence-corrected chi connectivity index (χ3v) is 1.74. The lowest BCUT2D eigenvalue weighted by molar-refractivity contribution is -0.142. The van der Waals surface area contributed by atoms with Gasteiger partial charge in [-0.1, -0.05) is 0 Å². The van der Waals surface area contributed by atoms with Crippen molar-refractivity contribution in [2.45, 2.75) is 19.6 Å². The number of primary amides is 1. The molecular formula is C7H9F3N4O. The molecule has 5 nitrogen and oxygen atoms in total. The maximum Gasteiger partial charge on any atom is 0.408 e. The number of rotatable bonds is 2. The first kappa shape index (κ1) is 11.3. The lowest BCUT2D eigenvalue weighted by Crippen LogP contribution is -2.25. The number of carbonyl (C=O) groups is 1. The molecule has 0 aromatic carbocycles. The monoisotopic (exact) mass is 222 g/mol. The molecule has 8 heteroatoms. The van der Waals surface area contributed by atoms with Crippen molar-refractivity contribution in [3.05, 3.63) is 11.4 Å². The Morgan fingerprint density at radius 3 is 2.47 bits per heavy atom. The molecule has 1 aromatic heterocycles. The highest BCUT2D eigenvalue weighted by atomic mass is 19.4. The Bertz CT molecular complexity index is 396. The number of nitrogen functional groups attached to an aromatic ring is 1. The van der Waals surface area contributed by atoms with Crippen LogP contribution in [0.1, 0.15) is 16.2 Å². The molecule has 0 aliphatic rings. The van der Waals surface area contributed by atoms with Crippen LogP contribution < -0.4 is 11.5 Å². The minimum Gasteiger partial charge on any atom is -0.395 e. The first-order valence-corrected chi connectivity index (χ1v) is 3.92. The molecular weight excluding hydrogens is 213 g/mol. The number of nitrogens with two attached hydrogens (primary N) is 2. The first-order chi connectivity index (χ1) is 6.72. The Morgan fingerprint density at radius 2 is 2.07 bits per heavy atom. The molecule has 0 aliphatic heterocycles. The second-order valence-electron chi connectivity index (χ2n) is 2.98. The molecule has 15 heavy (non-hydrogen) atoms. The van der Waals surface area contributed by atoms with Gasteiger partial charge in [0, 0.05) is 0 Å². The maximum atomic E-state index is 12.1. The van der Waals surface area contributed by atoms with Crippen LogP contribution in [0.4, 0.5) is 18.9 Å². The van der Waals surface area contributed by atoms with Gasteiger partial charge in [0.25, 0.3) is 5.91 Å². The van der Waals surface area contributed by atoms with E-state index in [1.807, 2.05) is 0 Å². The van der Waals surface area contributed by atoms with Crippen LogP contribution in [-0.4, -0.2) is 21.9 Å². The van der Waals surface area contributed by atoms with Crippen molar-refractivity contribution in [2.75, 3.05) is 5.73 Å². The Morgan fingerprint density at radius 1 is 1.53 bits per heavy atom. The number of alkyl halides is 3. The number of aryl methyl sites for hydroxylation is 1. The zero-order valence-corrected chi connectivity index (χ0v) is 7.80. The summed E-state index contributed by atoms with van der Waals surface area (Å²) in [5.41, 5.74) is 9.89. The summed E-state index contributed by atoms with van der Waals surface area (Å²) in [4.78, 5) is 10.9. The van der Waals surface area contributed by atoms with Gasteiger partial charge >= 0.3 is 6.18 Å². The fourth-order valence-corrected chi connectivity index (χ4v) is 1.14. The number of anilines is 1. The number of hydrogen-bond donors (Lipinski definition) is 2. The summed E-state index contributed by atoms with van der Waals surface area (Å²) in [6.45, 7) is 0.0119. The van der Waals surface area contributed by atoms with E-state index < -0.39 is 24.3 Å². The van der Waals surface area contributed by atoms with Crippen LogP contribution in [0.3, 0.4) is 0 Å². The van der Waals surface area contributed by atoms with E-state index in [1.165, 1.54) is 6.92 Å². The Hall–Kier alpha value is -1.73. The summed E-state index contributed by atoms with van der Waals surface area (Å²) in [6, 6.07) is 0. The topological polar surface area (TPSA) is 86.9 Å². The second kappa shape index (κ2) is 3.44. The number of amides is 1. The maximum absolute atomic E-state index is 12.1. The first-order valence-electron chi connectivity index (χ1n) is 3.92. The molecule has 4 N–H and O–H groups in total. The largest absolute Gasteiger partial charge is 0.408 e. The lowest BCUT2D eigenvalue weighted by atomic mass is 10.3. The molecule has 1 rings (SSSR count). The van der Waals surface area contributed by atoms with Gasteiger partial charge in [0.05, 0.1) is 11.4 Å². The van der Waals surface area contributed by atoms with E-state index in [2.05, 4.69) is 5.10 Å². The van der Waals surface area contributed by atoms with Crippen molar-refractivity contribution in [3.8, 4) is 0 Å². The van der Waals surface area contributed by atoms with Crippen molar-refractivity contribution in [1.29, 1.82) is 0 Å². The van der Waals surface area contributed by atoms with Crippen molar-refractivity contribution in [2.24, 2.45) is 5.73 Å². The summed E-state index contributed by atoms with van der Waals surface area (Å²) in [7, 11) is 0. The summed E-state index contributed by atoms with van der Waals surface area (Å²) >= 11 is 0. The average molecular weight is 222 g/mol. The van der Waals surface area contributed by atoms with Gasteiger partial charge < -0.3 is 11.5 Å². The van der Waals surface area contributed by atoms with Gasteiger partial charge in [0.1, 0.15) is 12.2 Å². The lowest BCUT2D eigenvalue weighted by Gasteiger charge is -2.08. The van der Waals surface area contributed by atoms with Crippen molar-refractivity contribution >= 4 is 11.6 Å². The fraction of sp³-hybridized carbons (Fsp3) is 0.429. The third-order valence-electron chi connectivity index (χ3n) is 1.74. The van der Waals surface area contributed by atoms with Gasteiger partial charge in [-0.25, -0.2) is 4.68 Å². The van der Waals surface area contributed by atoms with Crippen LogP contribution in [-0.2, 0) is 6.54 Å². The van der Waals surface area contributed by atoms with E-state index in [0.717, 1.165) is 0 Å². The van der Waals surface area contributed by atoms with Gasteiger partial charge in [-0.05, 0) is 6.92 Å². The predicted molar refractivity (Wildman–Crippen MR) is 45.9 cm³/mol. The van der Waals surface area contributed by atoms with Crippen LogP contribution in [0.2, 0.25) is 0 Å². The van der Waals surface area contributed by atoms with E-state index in [9.17, 15) is 18.0 Å². The number of halogens is 3. The van der Waals surface area contributed by atoms with Gasteiger partial charge in [-0.3, -0.25) is 4.79 Å². The van der Waals surface area contributed by atoms with Gasteiger partial charge in [0.2, 0.25) is 0 Å².